The molecule has 2 aromatic rings. The van der Waals surface area contributed by atoms with Crippen molar-refractivity contribution >= 4 is 27.5 Å². The number of hydrogen-bond acceptors (Lipinski definition) is 9. The molecule has 0 aromatic carbocycles. The van der Waals surface area contributed by atoms with Crippen LogP contribution in [0.1, 0.15) is 17.0 Å². The van der Waals surface area contributed by atoms with Gasteiger partial charge in [0.2, 0.25) is 5.95 Å². The number of aromatic nitrogens is 3. The normalized spacial score (nSPS) is 22.0. The van der Waals surface area contributed by atoms with E-state index in [9.17, 15) is 13.2 Å². The molecule has 2 aliphatic rings. The fourth-order valence-electron chi connectivity index (χ4n) is 3.29. The minimum atomic E-state index is -2.97. The highest BCUT2D eigenvalue weighted by Gasteiger charge is 2.29. The molecule has 0 aliphatic carbocycles. The van der Waals surface area contributed by atoms with Crippen LogP contribution in [0.4, 0.5) is 11.8 Å². The van der Waals surface area contributed by atoms with Gasteiger partial charge in [0.1, 0.15) is 0 Å². The third kappa shape index (κ3) is 4.02. The van der Waals surface area contributed by atoms with Gasteiger partial charge in [-0.25, -0.2) is 8.42 Å². The summed E-state index contributed by atoms with van der Waals surface area (Å²) in [6.07, 6.45) is 3.60. The van der Waals surface area contributed by atoms with Gasteiger partial charge >= 0.3 is 0 Å². The van der Waals surface area contributed by atoms with E-state index in [0.29, 0.717) is 50.1 Å². The number of furan rings is 1. The first-order chi connectivity index (χ1) is 13.0. The lowest BCUT2D eigenvalue weighted by Gasteiger charge is -2.34. The highest BCUT2D eigenvalue weighted by molar-refractivity contribution is 7.91. The number of sulfone groups is 1. The zero-order valence-electron chi connectivity index (χ0n) is 14.6. The van der Waals surface area contributed by atoms with E-state index >= 15 is 0 Å². The van der Waals surface area contributed by atoms with Crippen LogP contribution in [0.2, 0.25) is 0 Å². The molecule has 0 saturated carbocycles. The maximum atomic E-state index is 12.3. The van der Waals surface area contributed by atoms with Gasteiger partial charge in [-0.2, -0.15) is 10.1 Å². The van der Waals surface area contributed by atoms with E-state index in [1.807, 2.05) is 4.90 Å². The van der Waals surface area contributed by atoms with Crippen LogP contribution in [-0.2, 0) is 9.84 Å². The first-order valence-corrected chi connectivity index (χ1v) is 10.6. The highest BCUT2D eigenvalue weighted by Crippen LogP contribution is 2.18. The monoisotopic (exact) mass is 392 g/mol. The first kappa shape index (κ1) is 17.7. The number of carbonyl (C=O) groups is 1. The van der Waals surface area contributed by atoms with E-state index in [4.69, 9.17) is 4.42 Å². The average Bonchev–Trinajstić information content (AvgIpc) is 3.31. The number of anilines is 2. The zero-order chi connectivity index (χ0) is 18.9. The van der Waals surface area contributed by atoms with Crippen LogP contribution in [-0.4, -0.2) is 78.1 Å². The Hall–Kier alpha value is -2.69. The van der Waals surface area contributed by atoms with Crippen LogP contribution in [0, 0.1) is 0 Å². The standard InChI is InChI=1S/C16H20N6O4S/c23-15(13-2-1-8-26-13)22-6-4-21(5-7-22)14-10-17-20-16(19-14)18-12-3-9-27(24,25)11-12/h1-2,8,10,12H,3-7,9,11H2,(H,18,19,20). The summed E-state index contributed by atoms with van der Waals surface area (Å²) in [4.78, 5) is 20.5. The number of piperazine rings is 1. The van der Waals surface area contributed by atoms with Crippen molar-refractivity contribution < 1.29 is 17.6 Å². The Balaban J connectivity index is 1.36. The highest BCUT2D eigenvalue weighted by atomic mass is 32.2. The van der Waals surface area contributed by atoms with Crippen LogP contribution >= 0.6 is 0 Å². The maximum Gasteiger partial charge on any atom is 0.289 e. The SMILES string of the molecule is O=C(c1ccco1)N1CCN(c2cnnc(NC3CCS(=O)(=O)C3)n2)CC1. The summed E-state index contributed by atoms with van der Waals surface area (Å²) in [5.74, 6) is 1.47. The number of amides is 1. The fourth-order valence-corrected chi connectivity index (χ4v) is 4.97. The van der Waals surface area contributed by atoms with Crippen molar-refractivity contribution in [3.8, 4) is 0 Å². The van der Waals surface area contributed by atoms with Crippen LogP contribution in [0.15, 0.2) is 29.0 Å². The summed E-state index contributed by atoms with van der Waals surface area (Å²) in [5, 5.41) is 11.0. The molecule has 1 unspecified atom stereocenters. The molecule has 0 radical (unpaired) electrons. The number of carbonyl (C=O) groups excluding carboxylic acids is 1. The third-order valence-electron chi connectivity index (χ3n) is 4.73. The van der Waals surface area contributed by atoms with Gasteiger partial charge in [-0.05, 0) is 18.6 Å². The molecular formula is C16H20N6O4S. The molecule has 4 heterocycles. The molecule has 27 heavy (non-hydrogen) atoms. The molecule has 1 amide bonds. The van der Waals surface area contributed by atoms with Gasteiger partial charge in [-0.1, -0.05) is 0 Å². The van der Waals surface area contributed by atoms with Gasteiger partial charge in [0.05, 0.1) is 24.0 Å². The van der Waals surface area contributed by atoms with Crippen LogP contribution in [0.25, 0.3) is 0 Å². The van der Waals surface area contributed by atoms with E-state index in [2.05, 4.69) is 20.5 Å². The lowest BCUT2D eigenvalue weighted by molar-refractivity contribution is 0.0714. The molecule has 0 bridgehead atoms. The minimum Gasteiger partial charge on any atom is -0.459 e. The van der Waals surface area contributed by atoms with Gasteiger partial charge in [0.25, 0.3) is 5.91 Å². The Morgan fingerprint density at radius 3 is 2.74 bits per heavy atom. The molecule has 10 nitrogen and oxygen atoms in total. The van der Waals surface area contributed by atoms with Crippen LogP contribution in [0.3, 0.4) is 0 Å². The second kappa shape index (κ2) is 7.14. The number of nitrogens with zero attached hydrogens (tertiary/aromatic N) is 5. The summed E-state index contributed by atoms with van der Waals surface area (Å²) >= 11 is 0. The van der Waals surface area contributed by atoms with E-state index in [1.54, 1.807) is 23.2 Å². The van der Waals surface area contributed by atoms with Gasteiger partial charge in [0, 0.05) is 32.2 Å². The van der Waals surface area contributed by atoms with E-state index in [0.717, 1.165) is 0 Å². The molecule has 1 atom stereocenters. The van der Waals surface area contributed by atoms with E-state index < -0.39 is 9.84 Å². The molecule has 144 valence electrons. The second-order valence-electron chi connectivity index (χ2n) is 6.64. The van der Waals surface area contributed by atoms with Crippen molar-refractivity contribution in [2.24, 2.45) is 0 Å². The first-order valence-electron chi connectivity index (χ1n) is 8.74. The second-order valence-corrected chi connectivity index (χ2v) is 8.87. The van der Waals surface area contributed by atoms with Crippen molar-refractivity contribution in [2.45, 2.75) is 12.5 Å². The Bertz CT molecular complexity index is 909. The summed E-state index contributed by atoms with van der Waals surface area (Å²) < 4.78 is 28.3. The number of hydrogen-bond donors (Lipinski definition) is 1. The zero-order valence-corrected chi connectivity index (χ0v) is 15.4. The van der Waals surface area contributed by atoms with Crippen molar-refractivity contribution in [2.75, 3.05) is 47.9 Å². The van der Waals surface area contributed by atoms with Gasteiger partial charge < -0.3 is 19.5 Å². The molecule has 11 heteroatoms. The fraction of sp³-hybridized carbons (Fsp3) is 0.500. The third-order valence-corrected chi connectivity index (χ3v) is 6.50. The van der Waals surface area contributed by atoms with Gasteiger partial charge in [-0.3, -0.25) is 4.79 Å². The molecular weight excluding hydrogens is 372 g/mol. The summed E-state index contributed by atoms with van der Waals surface area (Å²) in [6.45, 7) is 2.32. The number of rotatable bonds is 4. The molecule has 2 aliphatic heterocycles. The predicted molar refractivity (Wildman–Crippen MR) is 97.3 cm³/mol. The molecule has 2 fully saturated rings. The Morgan fingerprint density at radius 2 is 2.07 bits per heavy atom. The van der Waals surface area contributed by atoms with E-state index in [1.165, 1.54) is 6.26 Å². The summed E-state index contributed by atoms with van der Waals surface area (Å²) in [6, 6.07) is 3.17. The Kier molecular flexibility index (Phi) is 4.68. The molecule has 0 spiro atoms. The largest absolute Gasteiger partial charge is 0.459 e. The quantitative estimate of drug-likeness (QED) is 0.767. The van der Waals surface area contributed by atoms with Crippen molar-refractivity contribution in [3.05, 3.63) is 30.4 Å². The average molecular weight is 392 g/mol. The smallest absolute Gasteiger partial charge is 0.289 e. The topological polar surface area (TPSA) is 122 Å². The molecule has 1 N–H and O–H groups in total. The van der Waals surface area contributed by atoms with Crippen LogP contribution in [0.5, 0.6) is 0 Å². The van der Waals surface area contributed by atoms with E-state index in [-0.39, 0.29) is 23.5 Å². The molecule has 2 aromatic heterocycles. The van der Waals surface area contributed by atoms with Crippen molar-refractivity contribution in [3.63, 3.8) is 0 Å². The van der Waals surface area contributed by atoms with Gasteiger partial charge in [0.15, 0.2) is 21.4 Å². The Labute approximate surface area is 156 Å². The molecule has 4 rings (SSSR count). The molecule has 2 saturated heterocycles. The van der Waals surface area contributed by atoms with Gasteiger partial charge in [-0.15, -0.1) is 5.10 Å². The van der Waals surface area contributed by atoms with Crippen LogP contribution < -0.4 is 10.2 Å². The maximum absolute atomic E-state index is 12.3. The van der Waals surface area contributed by atoms with Crippen molar-refractivity contribution in [1.82, 2.24) is 20.1 Å². The summed E-state index contributed by atoms with van der Waals surface area (Å²) in [5.41, 5.74) is 0. The Morgan fingerprint density at radius 1 is 1.26 bits per heavy atom. The predicted octanol–water partition coefficient (Wildman–Crippen LogP) is 0.0260. The number of nitrogens with one attached hydrogen (secondary N) is 1. The summed E-state index contributed by atoms with van der Waals surface area (Å²) in [7, 11) is -2.97. The van der Waals surface area contributed by atoms with Crippen molar-refractivity contribution in [1.29, 1.82) is 0 Å². The lowest BCUT2D eigenvalue weighted by atomic mass is 10.3. The lowest BCUT2D eigenvalue weighted by Crippen LogP contribution is -2.49. The minimum absolute atomic E-state index is 0.0914.